The molecule has 0 heterocycles. The lowest BCUT2D eigenvalue weighted by Gasteiger charge is -2.24. The molecule has 0 rings (SSSR count). The van der Waals surface area contributed by atoms with Gasteiger partial charge in [-0.05, 0) is 48.0 Å². The first-order valence-electron chi connectivity index (χ1n) is 6.20. The van der Waals surface area contributed by atoms with E-state index in [2.05, 4.69) is 5.16 Å². The summed E-state index contributed by atoms with van der Waals surface area (Å²) in [5.41, 5.74) is 4.55. The van der Waals surface area contributed by atoms with E-state index in [-0.39, 0.29) is 12.0 Å². The Morgan fingerprint density at radius 3 is 1.61 bits per heavy atom. The quantitative estimate of drug-likeness (QED) is 0.352. The molecule has 2 atom stereocenters. The standard InChI is InChI=1S/C7H15NO2.C6H15NO/c1-5(6(2)8-10)7(3,4)9;1-5(7)4-6(2,3)8/h5,9-10H,1-4H3;5,8H,4,7H2,1-3H3/b8-6+;. The first-order chi connectivity index (χ1) is 7.81. The van der Waals surface area contributed by atoms with E-state index in [1.165, 1.54) is 0 Å². The molecule has 0 radical (unpaired) electrons. The Morgan fingerprint density at radius 2 is 1.56 bits per heavy atom. The summed E-state index contributed by atoms with van der Waals surface area (Å²) in [7, 11) is 0. The minimum atomic E-state index is -0.809. The molecule has 0 aliphatic carbocycles. The number of nitrogens with zero attached hydrogens (tertiary/aromatic N) is 1. The van der Waals surface area contributed by atoms with E-state index in [0.29, 0.717) is 12.1 Å². The van der Waals surface area contributed by atoms with Gasteiger partial charge < -0.3 is 21.2 Å². The molecular weight excluding hydrogens is 232 g/mol. The zero-order chi connectivity index (χ0) is 15.1. The highest BCUT2D eigenvalue weighted by atomic mass is 16.4. The van der Waals surface area contributed by atoms with Crippen LogP contribution >= 0.6 is 0 Å². The summed E-state index contributed by atoms with van der Waals surface area (Å²) in [6, 6.07) is 0.0926. The summed E-state index contributed by atoms with van der Waals surface area (Å²) in [5, 5.41) is 29.9. The van der Waals surface area contributed by atoms with E-state index in [1.807, 2.05) is 13.8 Å². The molecule has 0 saturated carbocycles. The number of rotatable bonds is 4. The van der Waals surface area contributed by atoms with Gasteiger partial charge >= 0.3 is 0 Å². The molecule has 18 heavy (non-hydrogen) atoms. The third-order valence-electron chi connectivity index (χ3n) is 2.67. The lowest BCUT2D eigenvalue weighted by Crippen LogP contribution is -2.33. The van der Waals surface area contributed by atoms with E-state index in [1.54, 1.807) is 34.6 Å². The van der Waals surface area contributed by atoms with Crippen molar-refractivity contribution in [1.29, 1.82) is 0 Å². The van der Waals surface area contributed by atoms with Gasteiger partial charge in [0, 0.05) is 12.0 Å². The largest absolute Gasteiger partial charge is 0.411 e. The topological polar surface area (TPSA) is 99.1 Å². The smallest absolute Gasteiger partial charge is 0.0670 e. The monoisotopic (exact) mass is 262 g/mol. The summed E-state index contributed by atoms with van der Waals surface area (Å²) in [5.74, 6) is -0.113. The average molecular weight is 262 g/mol. The lowest BCUT2D eigenvalue weighted by atomic mass is 9.89. The summed E-state index contributed by atoms with van der Waals surface area (Å²) in [6.45, 7) is 12.3. The van der Waals surface area contributed by atoms with E-state index in [9.17, 15) is 5.11 Å². The molecule has 0 aliphatic heterocycles. The van der Waals surface area contributed by atoms with Crippen molar-refractivity contribution in [3.63, 3.8) is 0 Å². The van der Waals surface area contributed by atoms with Crippen LogP contribution in [0, 0.1) is 5.92 Å². The predicted octanol–water partition coefficient (Wildman–Crippen LogP) is 1.74. The molecule has 0 aromatic heterocycles. The Balaban J connectivity index is 0. The van der Waals surface area contributed by atoms with Crippen molar-refractivity contribution in [2.75, 3.05) is 0 Å². The van der Waals surface area contributed by atoms with Crippen LogP contribution in [0.3, 0.4) is 0 Å². The van der Waals surface area contributed by atoms with Gasteiger partial charge in [-0.15, -0.1) is 0 Å². The van der Waals surface area contributed by atoms with Crippen LogP contribution in [0.15, 0.2) is 5.16 Å². The maximum atomic E-state index is 9.40. The lowest BCUT2D eigenvalue weighted by molar-refractivity contribution is 0.0499. The minimum absolute atomic E-state index is 0.0926. The maximum absolute atomic E-state index is 9.40. The number of oxime groups is 1. The van der Waals surface area contributed by atoms with Crippen molar-refractivity contribution in [2.45, 2.75) is 72.1 Å². The van der Waals surface area contributed by atoms with Crippen molar-refractivity contribution >= 4 is 5.71 Å². The fourth-order valence-electron chi connectivity index (χ4n) is 1.39. The Kier molecular flexibility index (Phi) is 8.43. The number of aliphatic hydroxyl groups is 2. The molecule has 0 aliphatic rings. The Morgan fingerprint density at radius 1 is 1.17 bits per heavy atom. The van der Waals surface area contributed by atoms with Crippen molar-refractivity contribution < 1.29 is 15.4 Å². The molecule has 0 spiro atoms. The van der Waals surface area contributed by atoms with Crippen LogP contribution in [0.25, 0.3) is 0 Å². The van der Waals surface area contributed by atoms with Gasteiger partial charge in [-0.2, -0.15) is 0 Å². The maximum Gasteiger partial charge on any atom is 0.0670 e. The molecule has 0 saturated heterocycles. The SMILES string of the molecule is C/C(=N\O)C(C)C(C)(C)O.CC(N)CC(C)(C)O. The van der Waals surface area contributed by atoms with Crippen molar-refractivity contribution in [2.24, 2.45) is 16.8 Å². The molecule has 0 fully saturated rings. The van der Waals surface area contributed by atoms with Crippen molar-refractivity contribution in [3.8, 4) is 0 Å². The second-order valence-corrected chi connectivity index (χ2v) is 6.11. The van der Waals surface area contributed by atoms with Crippen LogP contribution in [-0.2, 0) is 0 Å². The van der Waals surface area contributed by atoms with Gasteiger partial charge in [-0.1, -0.05) is 12.1 Å². The molecule has 5 N–H and O–H groups in total. The molecule has 0 aromatic carbocycles. The van der Waals surface area contributed by atoms with Gasteiger partial charge in [0.15, 0.2) is 0 Å². The normalized spacial score (nSPS) is 16.7. The second kappa shape index (κ2) is 7.71. The summed E-state index contributed by atoms with van der Waals surface area (Å²) < 4.78 is 0. The zero-order valence-electron chi connectivity index (χ0n) is 12.7. The van der Waals surface area contributed by atoms with Gasteiger partial charge in [0.2, 0.25) is 0 Å². The zero-order valence-corrected chi connectivity index (χ0v) is 12.7. The van der Waals surface area contributed by atoms with Gasteiger partial charge in [-0.25, -0.2) is 0 Å². The summed E-state index contributed by atoms with van der Waals surface area (Å²) in [6.07, 6.45) is 0.660. The van der Waals surface area contributed by atoms with Crippen LogP contribution in [0.2, 0.25) is 0 Å². The number of nitrogens with two attached hydrogens (primary N) is 1. The third kappa shape index (κ3) is 11.8. The van der Waals surface area contributed by atoms with Gasteiger partial charge in [-0.3, -0.25) is 0 Å². The molecular formula is C13H30N2O3. The van der Waals surface area contributed by atoms with Gasteiger partial charge in [0.1, 0.15) is 0 Å². The van der Waals surface area contributed by atoms with E-state index < -0.39 is 11.2 Å². The van der Waals surface area contributed by atoms with Gasteiger partial charge in [0.25, 0.3) is 0 Å². The highest BCUT2D eigenvalue weighted by molar-refractivity contribution is 5.84. The van der Waals surface area contributed by atoms with Crippen LogP contribution in [0.1, 0.15) is 54.9 Å². The molecule has 0 aromatic rings. The Bertz CT molecular complexity index is 250. The fourth-order valence-corrected chi connectivity index (χ4v) is 1.39. The number of hydrogen-bond acceptors (Lipinski definition) is 5. The van der Waals surface area contributed by atoms with Crippen LogP contribution in [-0.4, -0.2) is 38.4 Å². The number of hydrogen-bond donors (Lipinski definition) is 4. The van der Waals surface area contributed by atoms with E-state index in [0.717, 1.165) is 0 Å². The van der Waals surface area contributed by atoms with Crippen LogP contribution < -0.4 is 5.73 Å². The first-order valence-corrected chi connectivity index (χ1v) is 6.20. The van der Waals surface area contributed by atoms with Gasteiger partial charge in [0.05, 0.1) is 16.9 Å². The molecule has 0 bridgehead atoms. The molecule has 5 heteroatoms. The highest BCUT2D eigenvalue weighted by Crippen LogP contribution is 2.16. The average Bonchev–Trinajstić information content (AvgIpc) is 2.10. The summed E-state index contributed by atoms with van der Waals surface area (Å²) >= 11 is 0. The predicted molar refractivity (Wildman–Crippen MR) is 74.9 cm³/mol. The van der Waals surface area contributed by atoms with Crippen LogP contribution in [0.5, 0.6) is 0 Å². The Labute approximate surface area is 111 Å². The molecule has 0 amide bonds. The van der Waals surface area contributed by atoms with Crippen molar-refractivity contribution in [1.82, 2.24) is 0 Å². The van der Waals surface area contributed by atoms with Crippen molar-refractivity contribution in [3.05, 3.63) is 0 Å². The second-order valence-electron chi connectivity index (χ2n) is 6.11. The van der Waals surface area contributed by atoms with E-state index in [4.69, 9.17) is 16.0 Å². The summed E-state index contributed by atoms with van der Waals surface area (Å²) in [4.78, 5) is 0. The molecule has 2 unspecified atom stereocenters. The third-order valence-corrected chi connectivity index (χ3v) is 2.67. The first kappa shape index (κ1) is 19.7. The minimum Gasteiger partial charge on any atom is -0.411 e. The fraction of sp³-hybridized carbons (Fsp3) is 0.923. The van der Waals surface area contributed by atoms with E-state index >= 15 is 0 Å². The Hall–Kier alpha value is -0.650. The van der Waals surface area contributed by atoms with Crippen LogP contribution in [0.4, 0.5) is 0 Å². The molecule has 110 valence electrons. The molecule has 5 nitrogen and oxygen atoms in total. The highest BCUT2D eigenvalue weighted by Gasteiger charge is 2.24.